The summed E-state index contributed by atoms with van der Waals surface area (Å²) in [5.41, 5.74) is 1.21. The summed E-state index contributed by atoms with van der Waals surface area (Å²) in [4.78, 5) is 15.0. The van der Waals surface area contributed by atoms with Gasteiger partial charge in [0.05, 0.1) is 22.6 Å². The van der Waals surface area contributed by atoms with Crippen molar-refractivity contribution in [2.45, 2.75) is 19.9 Å². The van der Waals surface area contributed by atoms with E-state index in [9.17, 15) is 9.18 Å². The number of carbonyl (C=O) groups is 1. The van der Waals surface area contributed by atoms with Gasteiger partial charge >= 0.3 is 5.97 Å². The number of rotatable bonds is 3. The van der Waals surface area contributed by atoms with Gasteiger partial charge in [-0.15, -0.1) is 0 Å². The van der Waals surface area contributed by atoms with Crippen molar-refractivity contribution in [1.82, 2.24) is 9.55 Å². The Bertz CT molecular complexity index is 723. The van der Waals surface area contributed by atoms with Crippen LogP contribution in [0.3, 0.4) is 0 Å². The highest BCUT2D eigenvalue weighted by Gasteiger charge is 2.27. The predicted octanol–water partition coefficient (Wildman–Crippen LogP) is 3.97. The van der Waals surface area contributed by atoms with Gasteiger partial charge in [0.15, 0.2) is 4.77 Å². The van der Waals surface area contributed by atoms with Crippen molar-refractivity contribution < 1.29 is 13.9 Å². The maximum Gasteiger partial charge on any atom is 0.329 e. The lowest BCUT2D eigenvalue weighted by molar-refractivity contribution is -0.145. The maximum atomic E-state index is 13.8. The van der Waals surface area contributed by atoms with E-state index in [-0.39, 0.29) is 5.92 Å². The molecule has 108 valence electrons. The smallest absolute Gasteiger partial charge is 0.329 e. The normalized spacial score (nSPS) is 12.9. The van der Waals surface area contributed by atoms with Crippen LogP contribution in [-0.4, -0.2) is 22.6 Å². The first-order valence-electron chi connectivity index (χ1n) is 6.04. The Morgan fingerprint density at radius 3 is 2.70 bits per heavy atom. The second kappa shape index (κ2) is 5.65. The zero-order valence-electron chi connectivity index (χ0n) is 11.2. The van der Waals surface area contributed by atoms with Crippen LogP contribution in [0.1, 0.15) is 19.9 Å². The first-order valence-corrected chi connectivity index (χ1v) is 7.24. The molecule has 1 aromatic heterocycles. The fraction of sp³-hybridized carbons (Fsp3) is 0.385. The summed E-state index contributed by atoms with van der Waals surface area (Å²) in [7, 11) is 1.33. The van der Waals surface area contributed by atoms with Crippen LogP contribution >= 0.6 is 28.1 Å². The van der Waals surface area contributed by atoms with Gasteiger partial charge in [0.25, 0.3) is 0 Å². The molecule has 0 amide bonds. The first-order chi connectivity index (χ1) is 9.36. The third-order valence-electron chi connectivity index (χ3n) is 3.11. The van der Waals surface area contributed by atoms with Gasteiger partial charge < -0.3 is 14.3 Å². The van der Waals surface area contributed by atoms with Crippen LogP contribution in [0.5, 0.6) is 0 Å². The fourth-order valence-corrected chi connectivity index (χ4v) is 2.86. The van der Waals surface area contributed by atoms with Crippen molar-refractivity contribution in [1.29, 1.82) is 0 Å². The second-order valence-electron chi connectivity index (χ2n) is 4.80. The summed E-state index contributed by atoms with van der Waals surface area (Å²) >= 11 is 8.39. The average Bonchev–Trinajstić information content (AvgIpc) is 2.66. The molecule has 2 rings (SSSR count). The average molecular weight is 361 g/mol. The van der Waals surface area contributed by atoms with Crippen LogP contribution in [-0.2, 0) is 9.53 Å². The lowest BCUT2D eigenvalue weighted by Gasteiger charge is -2.20. The van der Waals surface area contributed by atoms with E-state index in [0.29, 0.717) is 20.3 Å². The molecule has 7 heteroatoms. The van der Waals surface area contributed by atoms with Crippen LogP contribution in [0.2, 0.25) is 0 Å². The van der Waals surface area contributed by atoms with Crippen molar-refractivity contribution >= 4 is 45.2 Å². The molecule has 0 fully saturated rings. The van der Waals surface area contributed by atoms with Crippen LogP contribution in [0.15, 0.2) is 16.6 Å². The largest absolute Gasteiger partial charge is 0.467 e. The minimum atomic E-state index is -0.596. The molecule has 1 unspecified atom stereocenters. The zero-order valence-corrected chi connectivity index (χ0v) is 13.6. The molecule has 0 aliphatic heterocycles. The van der Waals surface area contributed by atoms with E-state index >= 15 is 0 Å². The van der Waals surface area contributed by atoms with Gasteiger partial charge in [0.1, 0.15) is 11.9 Å². The molecular weight excluding hydrogens is 347 g/mol. The molecule has 0 saturated carbocycles. The standard InChI is InChI=1S/C13H14BrFN2O2S/c1-6(2)11(12(18)19-3)17-10-5-8(15)7(14)4-9(10)16-13(17)20/h4-6,11H,1-3H3,(H,16,20). The Hall–Kier alpha value is -1.21. The van der Waals surface area contributed by atoms with E-state index in [2.05, 4.69) is 20.9 Å². The Labute approximate surface area is 129 Å². The highest BCUT2D eigenvalue weighted by atomic mass is 79.9. The Kier molecular flexibility index (Phi) is 4.29. The zero-order chi connectivity index (χ0) is 15.0. The Morgan fingerprint density at radius 2 is 2.15 bits per heavy atom. The number of carbonyl (C=O) groups excluding carboxylic acids is 1. The number of halogens is 2. The van der Waals surface area contributed by atoms with E-state index in [1.165, 1.54) is 13.2 Å². The predicted molar refractivity (Wildman–Crippen MR) is 80.7 cm³/mol. The molecule has 0 saturated heterocycles. The van der Waals surface area contributed by atoms with Gasteiger partial charge in [-0.05, 0) is 40.1 Å². The number of esters is 1. The molecule has 20 heavy (non-hydrogen) atoms. The van der Waals surface area contributed by atoms with Crippen molar-refractivity contribution in [3.63, 3.8) is 0 Å². The number of nitrogens with zero attached hydrogens (tertiary/aromatic N) is 1. The summed E-state index contributed by atoms with van der Waals surface area (Å²) in [6, 6.07) is 2.36. The summed E-state index contributed by atoms with van der Waals surface area (Å²) in [5.74, 6) is -0.854. The number of aromatic amines is 1. The summed E-state index contributed by atoms with van der Waals surface area (Å²) in [6.07, 6.45) is 0. The number of imidazole rings is 1. The molecule has 1 heterocycles. The molecule has 1 aromatic carbocycles. The maximum absolute atomic E-state index is 13.8. The van der Waals surface area contributed by atoms with E-state index in [0.717, 1.165) is 0 Å². The third kappa shape index (κ3) is 2.52. The third-order valence-corrected chi connectivity index (χ3v) is 4.02. The molecule has 0 aliphatic carbocycles. The minimum absolute atomic E-state index is 0.0418. The molecule has 2 aromatic rings. The summed E-state index contributed by atoms with van der Waals surface area (Å²) in [6.45, 7) is 3.77. The SMILES string of the molecule is COC(=O)C(C(C)C)n1c(=S)[nH]c2cc(Br)c(F)cc21. The van der Waals surface area contributed by atoms with Crippen LogP contribution in [0.4, 0.5) is 4.39 Å². The van der Waals surface area contributed by atoms with Gasteiger partial charge in [0.2, 0.25) is 0 Å². The molecule has 0 radical (unpaired) electrons. The highest BCUT2D eigenvalue weighted by molar-refractivity contribution is 9.10. The van der Waals surface area contributed by atoms with E-state index < -0.39 is 17.8 Å². The monoisotopic (exact) mass is 360 g/mol. The van der Waals surface area contributed by atoms with Crippen molar-refractivity contribution in [2.24, 2.45) is 5.92 Å². The van der Waals surface area contributed by atoms with Crippen LogP contribution in [0.25, 0.3) is 11.0 Å². The van der Waals surface area contributed by atoms with Crippen LogP contribution in [0, 0.1) is 16.5 Å². The van der Waals surface area contributed by atoms with E-state index in [4.69, 9.17) is 17.0 Å². The number of fused-ring (bicyclic) bond motifs is 1. The minimum Gasteiger partial charge on any atom is -0.467 e. The van der Waals surface area contributed by atoms with Crippen molar-refractivity contribution in [3.05, 3.63) is 27.2 Å². The van der Waals surface area contributed by atoms with Crippen molar-refractivity contribution in [2.75, 3.05) is 7.11 Å². The Balaban J connectivity index is 2.75. The van der Waals surface area contributed by atoms with E-state index in [1.54, 1.807) is 10.6 Å². The second-order valence-corrected chi connectivity index (χ2v) is 6.04. The first kappa shape index (κ1) is 15.2. The molecular formula is C13H14BrFN2O2S. The van der Waals surface area contributed by atoms with Crippen molar-refractivity contribution in [3.8, 4) is 0 Å². The molecule has 0 aliphatic rings. The quantitative estimate of drug-likeness (QED) is 0.665. The lowest BCUT2D eigenvalue weighted by atomic mass is 10.0. The summed E-state index contributed by atoms with van der Waals surface area (Å²) in [5, 5.41) is 0. The number of nitrogens with one attached hydrogen (secondary N) is 1. The molecule has 0 spiro atoms. The van der Waals surface area contributed by atoms with E-state index in [1.807, 2.05) is 13.8 Å². The molecule has 1 N–H and O–H groups in total. The topological polar surface area (TPSA) is 47.0 Å². The number of H-pyrrole nitrogens is 1. The van der Waals surface area contributed by atoms with Crippen LogP contribution < -0.4 is 0 Å². The van der Waals surface area contributed by atoms with Gasteiger partial charge in [-0.25, -0.2) is 9.18 Å². The fourth-order valence-electron chi connectivity index (χ4n) is 2.19. The number of ether oxygens (including phenoxy) is 1. The number of hydrogen-bond donors (Lipinski definition) is 1. The number of hydrogen-bond acceptors (Lipinski definition) is 3. The lowest BCUT2D eigenvalue weighted by Crippen LogP contribution is -2.25. The number of aromatic nitrogens is 2. The van der Waals surface area contributed by atoms with Gasteiger partial charge in [-0.2, -0.15) is 0 Å². The highest BCUT2D eigenvalue weighted by Crippen LogP contribution is 2.29. The number of benzene rings is 1. The summed E-state index contributed by atoms with van der Waals surface area (Å²) < 4.78 is 20.9. The Morgan fingerprint density at radius 1 is 1.50 bits per heavy atom. The van der Waals surface area contributed by atoms with Gasteiger partial charge in [0, 0.05) is 6.07 Å². The molecule has 4 nitrogen and oxygen atoms in total. The molecule has 0 bridgehead atoms. The van der Waals surface area contributed by atoms with Gasteiger partial charge in [-0.3, -0.25) is 0 Å². The number of methoxy groups -OCH3 is 1. The van der Waals surface area contributed by atoms with Gasteiger partial charge in [-0.1, -0.05) is 13.8 Å². The molecule has 1 atom stereocenters.